The molecular weight excluding hydrogens is 414 g/mol. The van der Waals surface area contributed by atoms with Gasteiger partial charge in [0.05, 0.1) is 17.7 Å². The van der Waals surface area contributed by atoms with Crippen LogP contribution in [0.3, 0.4) is 0 Å². The normalized spacial score (nSPS) is 15.7. The molecule has 1 saturated heterocycles. The van der Waals surface area contributed by atoms with Gasteiger partial charge in [-0.15, -0.1) is 12.4 Å². The van der Waals surface area contributed by atoms with E-state index in [0.717, 1.165) is 37.2 Å². The number of likely N-dealkylation sites (tertiary alicyclic amines) is 1. The molecule has 2 aromatic rings. The van der Waals surface area contributed by atoms with Crippen LogP contribution >= 0.6 is 12.4 Å². The van der Waals surface area contributed by atoms with Gasteiger partial charge in [-0.1, -0.05) is 29.8 Å². The summed E-state index contributed by atoms with van der Waals surface area (Å²) in [5.74, 6) is -0.871. The Labute approximate surface area is 189 Å². The molecule has 164 valence electrons. The summed E-state index contributed by atoms with van der Waals surface area (Å²) in [7, 11) is 0. The summed E-state index contributed by atoms with van der Waals surface area (Å²) in [5.41, 5.74) is 3.09. The van der Waals surface area contributed by atoms with E-state index in [1.807, 2.05) is 31.2 Å². The lowest BCUT2D eigenvalue weighted by Gasteiger charge is -2.14. The van der Waals surface area contributed by atoms with Gasteiger partial charge in [-0.05, 0) is 69.6 Å². The minimum absolute atomic E-state index is 0. The van der Waals surface area contributed by atoms with Crippen molar-refractivity contribution in [2.24, 2.45) is 0 Å². The Hall–Kier alpha value is -2.70. The molecule has 1 N–H and O–H groups in total. The number of nitrogens with zero attached hydrogens (tertiary/aromatic N) is 2. The Bertz CT molecular complexity index is 969. The fourth-order valence-electron chi connectivity index (χ4n) is 4.06. The Morgan fingerprint density at radius 1 is 0.968 bits per heavy atom. The Kier molecular flexibility index (Phi) is 7.46. The minimum Gasteiger partial charge on any atom is -0.352 e. The lowest BCUT2D eigenvalue weighted by Crippen LogP contribution is -2.29. The summed E-state index contributed by atoms with van der Waals surface area (Å²) >= 11 is 0. The molecule has 6 nitrogen and oxygen atoms in total. The molecule has 0 spiro atoms. The van der Waals surface area contributed by atoms with Gasteiger partial charge < -0.3 is 10.2 Å². The lowest BCUT2D eigenvalue weighted by atomic mass is 10.1. The molecule has 7 heteroatoms. The van der Waals surface area contributed by atoms with E-state index in [1.165, 1.54) is 17.7 Å². The number of benzene rings is 2. The maximum absolute atomic E-state index is 12.8. The first-order valence-corrected chi connectivity index (χ1v) is 10.6. The number of hydrogen-bond acceptors (Lipinski definition) is 4. The molecule has 0 bridgehead atoms. The number of halogens is 1. The molecule has 0 radical (unpaired) electrons. The SMILES string of the molecule is Cc1ccc(CN2C(=O)c3ccc(C(=O)NCCCN4CCCC4)cc3C2=O)cc1.Cl. The van der Waals surface area contributed by atoms with Crippen LogP contribution in [0.4, 0.5) is 0 Å². The summed E-state index contributed by atoms with van der Waals surface area (Å²) in [6.45, 7) is 6.10. The summed E-state index contributed by atoms with van der Waals surface area (Å²) in [6, 6.07) is 12.5. The Morgan fingerprint density at radius 2 is 1.65 bits per heavy atom. The molecule has 2 aliphatic rings. The Balaban J connectivity index is 0.00000272. The van der Waals surface area contributed by atoms with E-state index in [2.05, 4.69) is 10.2 Å². The van der Waals surface area contributed by atoms with Gasteiger partial charge in [0.1, 0.15) is 0 Å². The van der Waals surface area contributed by atoms with Crippen LogP contribution in [0.5, 0.6) is 0 Å². The number of imide groups is 1. The smallest absolute Gasteiger partial charge is 0.261 e. The van der Waals surface area contributed by atoms with Crippen molar-refractivity contribution in [1.82, 2.24) is 15.1 Å². The molecular formula is C24H28ClN3O3. The molecule has 0 unspecified atom stereocenters. The predicted molar refractivity (Wildman–Crippen MR) is 122 cm³/mol. The van der Waals surface area contributed by atoms with Crippen LogP contribution in [-0.4, -0.2) is 53.7 Å². The van der Waals surface area contributed by atoms with Crippen molar-refractivity contribution >= 4 is 30.1 Å². The van der Waals surface area contributed by atoms with E-state index >= 15 is 0 Å². The van der Waals surface area contributed by atoms with Gasteiger partial charge in [0.25, 0.3) is 17.7 Å². The monoisotopic (exact) mass is 441 g/mol. The largest absolute Gasteiger partial charge is 0.352 e. The number of aryl methyl sites for hydroxylation is 1. The molecule has 0 aliphatic carbocycles. The maximum atomic E-state index is 12.8. The number of nitrogens with one attached hydrogen (secondary N) is 1. The molecule has 2 heterocycles. The summed E-state index contributed by atoms with van der Waals surface area (Å²) in [5, 5.41) is 2.92. The summed E-state index contributed by atoms with van der Waals surface area (Å²) < 4.78 is 0. The third-order valence-corrected chi connectivity index (χ3v) is 5.83. The average molecular weight is 442 g/mol. The number of amides is 3. The van der Waals surface area contributed by atoms with Crippen molar-refractivity contribution in [2.75, 3.05) is 26.2 Å². The second kappa shape index (κ2) is 10.1. The van der Waals surface area contributed by atoms with Crippen LogP contribution in [0, 0.1) is 6.92 Å². The molecule has 4 rings (SSSR count). The highest BCUT2D eigenvalue weighted by molar-refractivity contribution is 6.22. The van der Waals surface area contributed by atoms with Crippen molar-refractivity contribution in [3.63, 3.8) is 0 Å². The van der Waals surface area contributed by atoms with Crippen molar-refractivity contribution in [1.29, 1.82) is 0 Å². The fourth-order valence-corrected chi connectivity index (χ4v) is 4.06. The molecule has 1 fully saturated rings. The van der Waals surface area contributed by atoms with E-state index in [-0.39, 0.29) is 36.7 Å². The van der Waals surface area contributed by atoms with Gasteiger partial charge >= 0.3 is 0 Å². The predicted octanol–water partition coefficient (Wildman–Crippen LogP) is 3.43. The zero-order valence-corrected chi connectivity index (χ0v) is 18.5. The topological polar surface area (TPSA) is 69.7 Å². The van der Waals surface area contributed by atoms with E-state index in [1.54, 1.807) is 18.2 Å². The number of hydrogen-bond donors (Lipinski definition) is 1. The van der Waals surface area contributed by atoms with Crippen LogP contribution in [0.25, 0.3) is 0 Å². The molecule has 2 aromatic carbocycles. The van der Waals surface area contributed by atoms with Gasteiger partial charge in [-0.3, -0.25) is 19.3 Å². The van der Waals surface area contributed by atoms with Crippen molar-refractivity contribution in [3.8, 4) is 0 Å². The second-order valence-corrected chi connectivity index (χ2v) is 8.10. The third kappa shape index (κ3) is 5.14. The third-order valence-electron chi connectivity index (χ3n) is 5.83. The van der Waals surface area contributed by atoms with Gasteiger partial charge in [0.15, 0.2) is 0 Å². The van der Waals surface area contributed by atoms with E-state index in [9.17, 15) is 14.4 Å². The van der Waals surface area contributed by atoms with Gasteiger partial charge in [-0.2, -0.15) is 0 Å². The standard InChI is InChI=1S/C24H27N3O3.ClH/c1-17-5-7-18(8-6-17)16-27-23(29)20-10-9-19(15-21(20)24(27)30)22(28)25-11-4-14-26-12-2-3-13-26;/h5-10,15H,2-4,11-14,16H2,1H3,(H,25,28);1H. The van der Waals surface area contributed by atoms with E-state index in [0.29, 0.717) is 23.2 Å². The van der Waals surface area contributed by atoms with Crippen LogP contribution in [0.2, 0.25) is 0 Å². The number of carbonyl (C=O) groups excluding carboxylic acids is 3. The number of rotatable bonds is 7. The van der Waals surface area contributed by atoms with Gasteiger partial charge in [0, 0.05) is 12.1 Å². The molecule has 0 atom stereocenters. The quantitative estimate of drug-likeness (QED) is 0.528. The average Bonchev–Trinajstić information content (AvgIpc) is 3.35. The second-order valence-electron chi connectivity index (χ2n) is 8.10. The number of carbonyl (C=O) groups is 3. The lowest BCUT2D eigenvalue weighted by molar-refractivity contribution is 0.0642. The zero-order chi connectivity index (χ0) is 21.1. The number of fused-ring (bicyclic) bond motifs is 1. The molecule has 3 amide bonds. The zero-order valence-electron chi connectivity index (χ0n) is 17.7. The highest BCUT2D eigenvalue weighted by Crippen LogP contribution is 2.26. The first-order chi connectivity index (χ1) is 14.5. The van der Waals surface area contributed by atoms with Crippen LogP contribution in [0.15, 0.2) is 42.5 Å². The highest BCUT2D eigenvalue weighted by Gasteiger charge is 2.36. The summed E-state index contributed by atoms with van der Waals surface area (Å²) in [6.07, 6.45) is 3.42. The fraction of sp³-hybridized carbons (Fsp3) is 0.375. The van der Waals surface area contributed by atoms with Crippen LogP contribution < -0.4 is 5.32 Å². The van der Waals surface area contributed by atoms with Gasteiger partial charge in [-0.25, -0.2) is 0 Å². The molecule has 2 aliphatic heterocycles. The van der Waals surface area contributed by atoms with Crippen molar-refractivity contribution in [3.05, 3.63) is 70.3 Å². The van der Waals surface area contributed by atoms with E-state index in [4.69, 9.17) is 0 Å². The van der Waals surface area contributed by atoms with Crippen LogP contribution in [-0.2, 0) is 6.54 Å². The minimum atomic E-state index is -0.348. The van der Waals surface area contributed by atoms with Gasteiger partial charge in [0.2, 0.25) is 0 Å². The first-order valence-electron chi connectivity index (χ1n) is 10.6. The summed E-state index contributed by atoms with van der Waals surface area (Å²) in [4.78, 5) is 41.7. The van der Waals surface area contributed by atoms with Crippen LogP contribution in [0.1, 0.15) is 61.5 Å². The molecule has 0 aromatic heterocycles. The molecule has 0 saturated carbocycles. The maximum Gasteiger partial charge on any atom is 0.261 e. The first kappa shape index (κ1) is 23.0. The van der Waals surface area contributed by atoms with E-state index < -0.39 is 0 Å². The van der Waals surface area contributed by atoms with Crippen molar-refractivity contribution in [2.45, 2.75) is 32.7 Å². The highest BCUT2D eigenvalue weighted by atomic mass is 35.5. The Morgan fingerprint density at radius 3 is 2.35 bits per heavy atom. The molecule has 31 heavy (non-hydrogen) atoms. The van der Waals surface area contributed by atoms with Crippen molar-refractivity contribution < 1.29 is 14.4 Å².